The maximum atomic E-state index is 13.8. The fourth-order valence-electron chi connectivity index (χ4n) is 3.16. The van der Waals surface area contributed by atoms with Crippen molar-refractivity contribution in [1.82, 2.24) is 24.9 Å². The van der Waals surface area contributed by atoms with E-state index in [9.17, 15) is 39.9 Å². The second kappa shape index (κ2) is 9.38. The molecular weight excluding hydrogens is 562 g/mol. The van der Waals surface area contributed by atoms with Gasteiger partial charge in [-0.15, -0.1) is 5.10 Å². The normalized spacial score (nSPS) is 14.6. The molecule has 0 unspecified atom stereocenters. The Balaban J connectivity index is 1.68. The van der Waals surface area contributed by atoms with Crippen molar-refractivity contribution in [3.8, 4) is 22.8 Å². The second-order valence-electron chi connectivity index (χ2n) is 7.92. The number of nitrogens with one attached hydrogen (secondary N) is 1. The first-order valence-electron chi connectivity index (χ1n) is 10.2. The van der Waals surface area contributed by atoms with E-state index in [1.54, 1.807) is 0 Å². The van der Waals surface area contributed by atoms with E-state index in [4.69, 9.17) is 11.6 Å². The van der Waals surface area contributed by atoms with Crippen LogP contribution in [0, 0.1) is 0 Å². The predicted octanol–water partition coefficient (Wildman–Crippen LogP) is 6.02. The van der Waals surface area contributed by atoms with E-state index in [2.05, 4.69) is 19.7 Å². The summed E-state index contributed by atoms with van der Waals surface area (Å²) in [6.07, 6.45) is -7.39. The maximum absolute atomic E-state index is 13.8. The minimum absolute atomic E-state index is 0.0475. The van der Waals surface area contributed by atoms with Gasteiger partial charge in [-0.25, -0.2) is 9.36 Å². The SMILES string of the molecule is Cn1nc(OSC(F)(F)C(F)(F)F)c(C(F)(F)F)c1-n1cc(-c2ccc(Cl)c(C(=O)NC3CC3)c2)cn1. The van der Waals surface area contributed by atoms with Crippen molar-refractivity contribution in [1.29, 1.82) is 0 Å². The first-order valence-corrected chi connectivity index (χ1v) is 11.3. The van der Waals surface area contributed by atoms with Gasteiger partial charge in [-0.3, -0.25) is 4.79 Å². The summed E-state index contributed by atoms with van der Waals surface area (Å²) in [5.74, 6) is -2.76. The molecule has 1 aromatic carbocycles. The molecule has 0 bridgehead atoms. The number of nitrogens with zero attached hydrogens (tertiary/aromatic N) is 4. The number of carbonyl (C=O) groups is 1. The Kier molecular flexibility index (Phi) is 6.85. The lowest BCUT2D eigenvalue weighted by Crippen LogP contribution is -2.33. The van der Waals surface area contributed by atoms with Crippen LogP contribution < -0.4 is 9.50 Å². The van der Waals surface area contributed by atoms with Crippen LogP contribution in [0.2, 0.25) is 5.02 Å². The average Bonchev–Trinajstić information content (AvgIpc) is 3.33. The third kappa shape index (κ3) is 5.63. The number of amides is 1. The topological polar surface area (TPSA) is 74.0 Å². The highest BCUT2D eigenvalue weighted by atomic mass is 35.5. The van der Waals surface area contributed by atoms with E-state index >= 15 is 0 Å². The van der Waals surface area contributed by atoms with Gasteiger partial charge in [-0.05, 0) is 30.5 Å². The molecule has 1 fully saturated rings. The third-order valence-electron chi connectivity index (χ3n) is 5.08. The zero-order valence-electron chi connectivity index (χ0n) is 18.3. The molecule has 2 aromatic heterocycles. The number of aryl methyl sites for hydroxylation is 1. The van der Waals surface area contributed by atoms with E-state index in [1.165, 1.54) is 18.2 Å². The van der Waals surface area contributed by atoms with Crippen LogP contribution in [0.15, 0.2) is 30.6 Å². The molecule has 1 aliphatic rings. The Hall–Kier alpha value is -3.01. The van der Waals surface area contributed by atoms with Crippen molar-refractivity contribution in [2.24, 2.45) is 7.05 Å². The smallest absolute Gasteiger partial charge is 0.397 e. The molecule has 2 heterocycles. The summed E-state index contributed by atoms with van der Waals surface area (Å²) in [7, 11) is 0.994. The van der Waals surface area contributed by atoms with Crippen LogP contribution in [-0.4, -0.2) is 42.9 Å². The summed E-state index contributed by atoms with van der Waals surface area (Å²) in [4.78, 5) is 12.4. The third-order valence-corrected chi connectivity index (χ3v) is 6.09. The van der Waals surface area contributed by atoms with Gasteiger partial charge in [-0.1, -0.05) is 17.7 Å². The van der Waals surface area contributed by atoms with Gasteiger partial charge in [0.05, 0.1) is 16.8 Å². The lowest BCUT2D eigenvalue weighted by Gasteiger charge is -2.17. The zero-order valence-corrected chi connectivity index (χ0v) is 19.9. The van der Waals surface area contributed by atoms with Crippen LogP contribution in [0.1, 0.15) is 28.8 Å². The Morgan fingerprint density at radius 2 is 1.81 bits per heavy atom. The Morgan fingerprint density at radius 1 is 1.14 bits per heavy atom. The number of rotatable bonds is 7. The van der Waals surface area contributed by atoms with Gasteiger partial charge in [0.15, 0.2) is 11.4 Å². The van der Waals surface area contributed by atoms with E-state index in [1.807, 2.05) is 0 Å². The van der Waals surface area contributed by atoms with Gasteiger partial charge in [0.25, 0.3) is 11.8 Å². The summed E-state index contributed by atoms with van der Waals surface area (Å²) in [5.41, 5.74) is -0.986. The predicted molar refractivity (Wildman–Crippen MR) is 115 cm³/mol. The molecule has 7 nitrogen and oxygen atoms in total. The van der Waals surface area contributed by atoms with Crippen molar-refractivity contribution < 1.29 is 44.1 Å². The Morgan fingerprint density at radius 3 is 2.41 bits per heavy atom. The molecule has 0 atom stereocenters. The highest BCUT2D eigenvalue weighted by molar-refractivity contribution is 7.96. The average molecular weight is 576 g/mol. The van der Waals surface area contributed by atoms with E-state index in [0.29, 0.717) is 14.9 Å². The molecule has 200 valence electrons. The largest absolute Gasteiger partial charge is 0.467 e. The number of aromatic nitrogens is 4. The molecule has 0 spiro atoms. The van der Waals surface area contributed by atoms with Gasteiger partial charge >= 0.3 is 17.6 Å². The first-order chi connectivity index (χ1) is 17.1. The van der Waals surface area contributed by atoms with Gasteiger partial charge < -0.3 is 9.50 Å². The van der Waals surface area contributed by atoms with Crippen molar-refractivity contribution in [2.45, 2.75) is 36.5 Å². The molecule has 3 aromatic rings. The van der Waals surface area contributed by atoms with Crippen molar-refractivity contribution in [2.75, 3.05) is 0 Å². The van der Waals surface area contributed by atoms with Crippen LogP contribution in [0.5, 0.6) is 5.88 Å². The van der Waals surface area contributed by atoms with Crippen LogP contribution in [0.4, 0.5) is 35.1 Å². The highest BCUT2D eigenvalue weighted by Gasteiger charge is 2.60. The fourth-order valence-corrected chi connectivity index (χ4v) is 3.75. The van der Waals surface area contributed by atoms with Crippen LogP contribution in [-0.2, 0) is 13.2 Å². The summed E-state index contributed by atoms with van der Waals surface area (Å²) in [6.45, 7) is 0. The standard InChI is InChI=1S/C20H14ClF8N5O2S/c1-33-17(14(18(22,23)24)16(32-33)36-37-20(28,29)19(25,26)27)34-8-10(7-30-34)9-2-5-13(21)12(6-9)15(35)31-11-3-4-11/h2,5-8,11H,3-4H2,1H3,(H,31,35). The summed E-state index contributed by atoms with van der Waals surface area (Å²) < 4.78 is 110. The Bertz CT molecular complexity index is 1330. The zero-order chi connectivity index (χ0) is 27.3. The van der Waals surface area contributed by atoms with E-state index in [-0.39, 0.29) is 22.2 Å². The quantitative estimate of drug-likeness (QED) is 0.276. The molecule has 0 aliphatic heterocycles. The molecular formula is C20H14ClF8N5O2S. The van der Waals surface area contributed by atoms with Crippen molar-refractivity contribution in [3.05, 3.63) is 46.7 Å². The number of halogens is 9. The summed E-state index contributed by atoms with van der Waals surface area (Å²) in [6, 6.07) is 4.38. The second-order valence-corrected chi connectivity index (χ2v) is 9.18. The first kappa shape index (κ1) is 27.0. The maximum Gasteiger partial charge on any atom is 0.467 e. The lowest BCUT2D eigenvalue weighted by atomic mass is 10.1. The van der Waals surface area contributed by atoms with E-state index in [0.717, 1.165) is 32.3 Å². The molecule has 1 aliphatic carbocycles. The van der Waals surface area contributed by atoms with Crippen LogP contribution >= 0.6 is 23.6 Å². The molecule has 17 heteroatoms. The summed E-state index contributed by atoms with van der Waals surface area (Å²) in [5, 5.41) is 4.59. The van der Waals surface area contributed by atoms with Crippen LogP contribution in [0.3, 0.4) is 0 Å². The van der Waals surface area contributed by atoms with Crippen molar-refractivity contribution in [3.63, 3.8) is 0 Å². The minimum atomic E-state index is -6.07. The summed E-state index contributed by atoms with van der Waals surface area (Å²) >= 11 is 4.60. The molecule has 4 rings (SSSR count). The number of hydrogen-bond acceptors (Lipinski definition) is 5. The van der Waals surface area contributed by atoms with Crippen molar-refractivity contribution >= 4 is 29.6 Å². The van der Waals surface area contributed by atoms with Crippen LogP contribution in [0.25, 0.3) is 16.9 Å². The van der Waals surface area contributed by atoms with Gasteiger partial charge in [0, 0.05) is 24.8 Å². The lowest BCUT2D eigenvalue weighted by molar-refractivity contribution is -0.238. The molecule has 37 heavy (non-hydrogen) atoms. The molecule has 1 N–H and O–H groups in total. The van der Waals surface area contributed by atoms with Gasteiger partial charge in [0.2, 0.25) is 0 Å². The minimum Gasteiger partial charge on any atom is -0.397 e. The molecule has 0 saturated heterocycles. The monoisotopic (exact) mass is 575 g/mol. The van der Waals surface area contributed by atoms with E-state index < -0.39 is 52.8 Å². The van der Waals surface area contributed by atoms with Gasteiger partial charge in [0.1, 0.15) is 12.0 Å². The highest BCUT2D eigenvalue weighted by Crippen LogP contribution is 2.47. The van der Waals surface area contributed by atoms with Gasteiger partial charge in [-0.2, -0.15) is 40.2 Å². The molecule has 1 saturated carbocycles. The number of hydrogen-bond donors (Lipinski definition) is 1. The molecule has 1 amide bonds. The number of carbonyl (C=O) groups excluding carboxylic acids is 1. The Labute approximate surface area is 211 Å². The number of benzene rings is 1. The number of alkyl halides is 8. The molecule has 0 radical (unpaired) electrons. The fraction of sp³-hybridized carbons (Fsp3) is 0.350.